The van der Waals surface area contributed by atoms with Crippen LogP contribution in [0, 0.1) is 5.82 Å². The number of aromatic nitrogens is 3. The van der Waals surface area contributed by atoms with Gasteiger partial charge in [0.05, 0.1) is 30.1 Å². The lowest BCUT2D eigenvalue weighted by molar-refractivity contribution is -0.123. The fraction of sp³-hybridized carbons (Fsp3) is 0.158. The minimum Gasteiger partial charge on any atom is -0.491 e. The lowest BCUT2D eigenvalue weighted by Crippen LogP contribution is -2.34. The van der Waals surface area contributed by atoms with Gasteiger partial charge in [-0.15, -0.1) is 0 Å². The summed E-state index contributed by atoms with van der Waals surface area (Å²) in [5, 5.41) is 4.84. The summed E-state index contributed by atoms with van der Waals surface area (Å²) in [4.78, 5) is 24.2. The molecule has 0 aliphatic rings. The normalized spacial score (nSPS) is 11.2. The predicted octanol–water partition coefficient (Wildman–Crippen LogP) is 4.38. The molecule has 2 aromatic heterocycles. The van der Waals surface area contributed by atoms with E-state index in [0.29, 0.717) is 0 Å². The number of nitrogens with one attached hydrogen (secondary N) is 2. The Hall–Kier alpha value is -3.47. The number of carbonyl (C=O) groups is 1. The molecule has 2 heterocycles. The van der Waals surface area contributed by atoms with Gasteiger partial charge in [0.15, 0.2) is 17.4 Å². The van der Waals surface area contributed by atoms with Crippen LogP contribution < -0.4 is 15.4 Å². The number of methoxy groups -OCH3 is 1. The molecule has 0 aliphatic heterocycles. The Morgan fingerprint density at radius 3 is 2.71 bits per heavy atom. The summed E-state index contributed by atoms with van der Waals surface area (Å²) < 4.78 is 56.7. The first-order valence-electron chi connectivity index (χ1n) is 8.60. The fourth-order valence-electron chi connectivity index (χ4n) is 2.50. The van der Waals surface area contributed by atoms with Crippen LogP contribution in [0.25, 0.3) is 11.4 Å². The van der Waals surface area contributed by atoms with Gasteiger partial charge in [-0.1, -0.05) is 11.6 Å². The molecule has 1 amide bonds. The third-order valence-electron chi connectivity index (χ3n) is 3.91. The van der Waals surface area contributed by atoms with Crippen molar-refractivity contribution < 1.29 is 27.1 Å². The molecule has 0 atom stereocenters. The number of amides is 1. The quantitative estimate of drug-likeness (QED) is 0.536. The van der Waals surface area contributed by atoms with Gasteiger partial charge in [0.1, 0.15) is 12.4 Å². The molecular formula is C19H14ClF4N5O2. The van der Waals surface area contributed by atoms with E-state index in [1.807, 2.05) is 0 Å². The Kier molecular flexibility index (Phi) is 6.54. The Morgan fingerprint density at radius 2 is 2.00 bits per heavy atom. The van der Waals surface area contributed by atoms with Crippen LogP contribution in [0.15, 0.2) is 42.9 Å². The van der Waals surface area contributed by atoms with Crippen molar-refractivity contribution in [3.63, 3.8) is 0 Å². The molecule has 0 aliphatic carbocycles. The summed E-state index contributed by atoms with van der Waals surface area (Å²) in [6, 6.07) is 5.23. The molecule has 3 rings (SSSR count). The van der Waals surface area contributed by atoms with E-state index in [2.05, 4.69) is 20.3 Å². The summed E-state index contributed by atoms with van der Waals surface area (Å²) in [5.41, 5.74) is -0.0387. The molecule has 0 saturated heterocycles. The molecule has 7 nitrogen and oxygen atoms in total. The third-order valence-corrected chi connectivity index (χ3v) is 4.15. The Labute approximate surface area is 178 Å². The highest BCUT2D eigenvalue weighted by Gasteiger charge is 2.28. The van der Waals surface area contributed by atoms with E-state index >= 15 is 0 Å². The zero-order valence-corrected chi connectivity index (χ0v) is 16.6. The van der Waals surface area contributed by atoms with Crippen LogP contribution in [0.2, 0.25) is 5.02 Å². The van der Waals surface area contributed by atoms with Gasteiger partial charge in [-0.25, -0.2) is 14.4 Å². The maximum absolute atomic E-state index is 14.2. The maximum Gasteiger partial charge on any atom is 0.405 e. The minimum absolute atomic E-state index is 0.0241. The van der Waals surface area contributed by atoms with E-state index in [4.69, 9.17) is 16.3 Å². The van der Waals surface area contributed by atoms with Crippen molar-refractivity contribution in [3.05, 3.63) is 59.3 Å². The maximum atomic E-state index is 14.2. The Morgan fingerprint density at radius 1 is 1.23 bits per heavy atom. The number of hydrogen-bond donors (Lipinski definition) is 2. The number of halogens is 5. The molecule has 31 heavy (non-hydrogen) atoms. The largest absolute Gasteiger partial charge is 0.491 e. The molecule has 12 heteroatoms. The number of pyridine rings is 1. The molecular weight excluding hydrogens is 442 g/mol. The molecule has 1 aromatic carbocycles. The second-order valence-corrected chi connectivity index (χ2v) is 6.52. The Balaban J connectivity index is 1.96. The summed E-state index contributed by atoms with van der Waals surface area (Å²) in [5.74, 6) is -1.45. The highest BCUT2D eigenvalue weighted by Crippen LogP contribution is 2.30. The van der Waals surface area contributed by atoms with Crippen LogP contribution in [-0.2, 0) is 0 Å². The van der Waals surface area contributed by atoms with Crippen LogP contribution in [0.1, 0.15) is 10.4 Å². The van der Waals surface area contributed by atoms with Crippen molar-refractivity contribution in [3.8, 4) is 17.1 Å². The number of anilines is 2. The first kappa shape index (κ1) is 22.2. The van der Waals surface area contributed by atoms with Gasteiger partial charge in [0.2, 0.25) is 0 Å². The number of ether oxygens (including phenoxy) is 1. The van der Waals surface area contributed by atoms with Crippen LogP contribution in [0.5, 0.6) is 5.75 Å². The third kappa shape index (κ3) is 5.57. The average Bonchev–Trinajstić information content (AvgIpc) is 2.73. The second-order valence-electron chi connectivity index (χ2n) is 6.08. The lowest BCUT2D eigenvalue weighted by atomic mass is 10.2. The van der Waals surface area contributed by atoms with Crippen molar-refractivity contribution in [2.45, 2.75) is 6.18 Å². The van der Waals surface area contributed by atoms with Crippen LogP contribution in [0.3, 0.4) is 0 Å². The van der Waals surface area contributed by atoms with Gasteiger partial charge < -0.3 is 15.4 Å². The van der Waals surface area contributed by atoms with E-state index in [-0.39, 0.29) is 39.2 Å². The van der Waals surface area contributed by atoms with Crippen molar-refractivity contribution in [1.29, 1.82) is 0 Å². The van der Waals surface area contributed by atoms with Gasteiger partial charge in [0.25, 0.3) is 5.91 Å². The molecule has 0 spiro atoms. The molecule has 0 unspecified atom stereocenters. The van der Waals surface area contributed by atoms with E-state index in [1.165, 1.54) is 37.7 Å². The molecule has 0 saturated carbocycles. The summed E-state index contributed by atoms with van der Waals surface area (Å²) >= 11 is 5.92. The minimum atomic E-state index is -4.57. The van der Waals surface area contributed by atoms with Crippen molar-refractivity contribution in [2.75, 3.05) is 19.0 Å². The number of alkyl halides is 3. The smallest absolute Gasteiger partial charge is 0.405 e. The number of rotatable bonds is 6. The standard InChI is InChI=1S/C19H14ClF4N5O2/c1-31-15-8-26-16(11-6-10(20)2-3-13(11)21)29-17(15)28-14-4-5-25-7-12(14)18(30)27-9-19(22,23)24/h2-8H,9H2,1H3,(H,27,30)(H,25,26,28,29). The van der Waals surface area contributed by atoms with Crippen molar-refractivity contribution >= 4 is 29.0 Å². The lowest BCUT2D eigenvalue weighted by Gasteiger charge is -2.15. The van der Waals surface area contributed by atoms with E-state index < -0.39 is 24.4 Å². The summed E-state index contributed by atoms with van der Waals surface area (Å²) in [6.07, 6.45) is -0.875. The van der Waals surface area contributed by atoms with E-state index in [0.717, 1.165) is 12.3 Å². The number of nitrogens with zero attached hydrogens (tertiary/aromatic N) is 3. The molecule has 162 valence electrons. The number of hydrogen-bond acceptors (Lipinski definition) is 6. The highest BCUT2D eigenvalue weighted by atomic mass is 35.5. The fourth-order valence-corrected chi connectivity index (χ4v) is 2.67. The molecule has 3 aromatic rings. The predicted molar refractivity (Wildman–Crippen MR) is 105 cm³/mol. The zero-order chi connectivity index (χ0) is 22.6. The summed E-state index contributed by atoms with van der Waals surface area (Å²) in [6.45, 7) is -1.50. The van der Waals surface area contributed by atoms with E-state index in [9.17, 15) is 22.4 Å². The van der Waals surface area contributed by atoms with Crippen LogP contribution in [-0.4, -0.2) is 40.7 Å². The van der Waals surface area contributed by atoms with Gasteiger partial charge >= 0.3 is 6.18 Å². The van der Waals surface area contributed by atoms with Crippen molar-refractivity contribution in [1.82, 2.24) is 20.3 Å². The number of carbonyl (C=O) groups excluding carboxylic acids is 1. The zero-order valence-electron chi connectivity index (χ0n) is 15.8. The summed E-state index contributed by atoms with van der Waals surface area (Å²) in [7, 11) is 1.34. The molecule has 2 N–H and O–H groups in total. The monoisotopic (exact) mass is 455 g/mol. The first-order valence-corrected chi connectivity index (χ1v) is 8.98. The van der Waals surface area contributed by atoms with E-state index in [1.54, 1.807) is 5.32 Å². The molecule has 0 radical (unpaired) electrons. The molecule has 0 fully saturated rings. The Bertz CT molecular complexity index is 1110. The van der Waals surface area contributed by atoms with Crippen LogP contribution in [0.4, 0.5) is 29.1 Å². The average molecular weight is 456 g/mol. The van der Waals surface area contributed by atoms with Crippen LogP contribution >= 0.6 is 11.6 Å². The van der Waals surface area contributed by atoms with Gasteiger partial charge in [-0.3, -0.25) is 9.78 Å². The van der Waals surface area contributed by atoms with Gasteiger partial charge in [-0.2, -0.15) is 13.2 Å². The molecule has 0 bridgehead atoms. The highest BCUT2D eigenvalue weighted by molar-refractivity contribution is 6.30. The van der Waals surface area contributed by atoms with Gasteiger partial charge in [0, 0.05) is 17.4 Å². The number of benzene rings is 1. The SMILES string of the molecule is COc1cnc(-c2cc(Cl)ccc2F)nc1Nc1ccncc1C(=O)NCC(F)(F)F. The first-order chi connectivity index (χ1) is 14.7. The van der Waals surface area contributed by atoms with Crippen molar-refractivity contribution in [2.24, 2.45) is 0 Å². The van der Waals surface area contributed by atoms with Gasteiger partial charge in [-0.05, 0) is 24.3 Å². The topological polar surface area (TPSA) is 89.0 Å². The second kappa shape index (κ2) is 9.13.